The summed E-state index contributed by atoms with van der Waals surface area (Å²) in [5, 5.41) is 10.5. The van der Waals surface area contributed by atoms with E-state index in [4.69, 9.17) is 16.3 Å². The van der Waals surface area contributed by atoms with Crippen LogP contribution < -0.4 is 11.0 Å². The van der Waals surface area contributed by atoms with Crippen LogP contribution in [0.25, 0.3) is 0 Å². The molecule has 2 heterocycles. The number of hydrogen-bond donors (Lipinski definition) is 2. The second-order valence-corrected chi connectivity index (χ2v) is 7.45. The number of thioether (sulfide) groups is 1. The number of aromatic nitrogens is 3. The number of nitrogens with one attached hydrogen (secondary N) is 2. The topological polar surface area (TPSA) is 89.0 Å². The summed E-state index contributed by atoms with van der Waals surface area (Å²) in [5.41, 5.74) is 0.799. The Morgan fingerprint density at radius 2 is 2.38 bits per heavy atom. The van der Waals surface area contributed by atoms with Crippen molar-refractivity contribution in [2.24, 2.45) is 0 Å². The van der Waals surface area contributed by atoms with E-state index in [1.165, 1.54) is 11.8 Å². The third-order valence-electron chi connectivity index (χ3n) is 4.09. The average Bonchev–Trinajstić information content (AvgIpc) is 3.25. The highest BCUT2D eigenvalue weighted by molar-refractivity contribution is 7.99. The van der Waals surface area contributed by atoms with Crippen LogP contribution in [0.4, 0.5) is 0 Å². The van der Waals surface area contributed by atoms with Crippen molar-refractivity contribution in [3.05, 3.63) is 45.3 Å². The summed E-state index contributed by atoms with van der Waals surface area (Å²) in [5.74, 6) is 0.0990. The highest BCUT2D eigenvalue weighted by Crippen LogP contribution is 2.18. The summed E-state index contributed by atoms with van der Waals surface area (Å²) in [6, 6.07) is 7.57. The van der Waals surface area contributed by atoms with Gasteiger partial charge in [-0.2, -0.15) is 0 Å². The highest BCUT2D eigenvalue weighted by atomic mass is 35.5. The van der Waals surface area contributed by atoms with Crippen molar-refractivity contribution >= 4 is 29.3 Å². The molecule has 2 N–H and O–H groups in total. The smallest absolute Gasteiger partial charge is 0.344 e. The van der Waals surface area contributed by atoms with Crippen LogP contribution in [0.3, 0.4) is 0 Å². The minimum atomic E-state index is -0.274. The van der Waals surface area contributed by atoms with Gasteiger partial charge in [-0.1, -0.05) is 35.5 Å². The summed E-state index contributed by atoms with van der Waals surface area (Å²) < 4.78 is 7.11. The lowest BCUT2D eigenvalue weighted by atomic mass is 10.1. The molecule has 0 radical (unpaired) electrons. The molecule has 1 fully saturated rings. The van der Waals surface area contributed by atoms with Crippen LogP contribution in [0, 0.1) is 0 Å². The number of nitrogens with zero attached hydrogens (tertiary/aromatic N) is 2. The maximum atomic E-state index is 12.0. The fraction of sp³-hybridized carbons (Fsp3) is 0.471. The van der Waals surface area contributed by atoms with Crippen molar-refractivity contribution in [3.8, 4) is 0 Å². The molecule has 1 aliphatic heterocycles. The number of rotatable bonds is 8. The molecule has 0 spiro atoms. The molecule has 26 heavy (non-hydrogen) atoms. The number of H-pyrrole nitrogens is 1. The number of amides is 1. The molecule has 7 nitrogen and oxygen atoms in total. The zero-order valence-corrected chi connectivity index (χ0v) is 15.8. The lowest BCUT2D eigenvalue weighted by Gasteiger charge is -2.11. The van der Waals surface area contributed by atoms with Crippen LogP contribution in [0.1, 0.15) is 18.4 Å². The second-order valence-electron chi connectivity index (χ2n) is 6.08. The van der Waals surface area contributed by atoms with Crippen LogP contribution in [-0.2, 0) is 22.5 Å². The lowest BCUT2D eigenvalue weighted by molar-refractivity contribution is -0.118. The largest absolute Gasteiger partial charge is 0.376 e. The van der Waals surface area contributed by atoms with Crippen LogP contribution in [0.15, 0.2) is 34.2 Å². The number of benzene rings is 1. The van der Waals surface area contributed by atoms with Crippen LogP contribution in [0.2, 0.25) is 5.02 Å². The van der Waals surface area contributed by atoms with Gasteiger partial charge in [0.25, 0.3) is 0 Å². The Morgan fingerprint density at radius 1 is 1.50 bits per heavy atom. The van der Waals surface area contributed by atoms with Gasteiger partial charge in [0.2, 0.25) is 5.91 Å². The normalized spacial score (nSPS) is 16.7. The van der Waals surface area contributed by atoms with Gasteiger partial charge in [0, 0.05) is 18.2 Å². The van der Waals surface area contributed by atoms with E-state index in [0.29, 0.717) is 29.7 Å². The number of halogens is 1. The third kappa shape index (κ3) is 5.36. The van der Waals surface area contributed by atoms with Crippen LogP contribution in [0.5, 0.6) is 0 Å². The number of aromatic amines is 1. The first-order chi connectivity index (χ1) is 12.6. The van der Waals surface area contributed by atoms with E-state index in [9.17, 15) is 9.59 Å². The van der Waals surface area contributed by atoms with Crippen molar-refractivity contribution in [1.82, 2.24) is 20.1 Å². The summed E-state index contributed by atoms with van der Waals surface area (Å²) in [6.45, 7) is 1.73. The van der Waals surface area contributed by atoms with Gasteiger partial charge >= 0.3 is 5.69 Å². The predicted molar refractivity (Wildman–Crippen MR) is 101 cm³/mol. The standard InChI is InChI=1S/C17H21ClN4O3S/c18-13-4-1-3-12(9-13)6-7-19-15(23)11-26-17-21-20-16(24)22(17)10-14-5-2-8-25-14/h1,3-4,9,14H,2,5-8,10-11H2,(H,19,23)(H,20,24)/t14-/m0/s1. The molecule has 140 valence electrons. The Hall–Kier alpha value is -1.77. The van der Waals surface area contributed by atoms with E-state index in [-0.39, 0.29) is 23.5 Å². The molecule has 0 bridgehead atoms. The molecule has 2 aromatic rings. The Balaban J connectivity index is 1.45. The molecule has 1 atom stereocenters. The molecule has 1 aromatic carbocycles. The number of carbonyl (C=O) groups excluding carboxylic acids is 1. The zero-order valence-electron chi connectivity index (χ0n) is 14.2. The second kappa shape index (κ2) is 9.25. The van der Waals surface area contributed by atoms with E-state index >= 15 is 0 Å². The van der Waals surface area contributed by atoms with Gasteiger partial charge in [-0.15, -0.1) is 5.10 Å². The zero-order chi connectivity index (χ0) is 18.4. The molecule has 0 unspecified atom stereocenters. The molecule has 3 rings (SSSR count). The first-order valence-electron chi connectivity index (χ1n) is 8.52. The Kier molecular flexibility index (Phi) is 6.76. The van der Waals surface area contributed by atoms with Crippen molar-refractivity contribution < 1.29 is 9.53 Å². The van der Waals surface area contributed by atoms with Crippen LogP contribution >= 0.6 is 23.4 Å². The maximum Gasteiger partial charge on any atom is 0.344 e. The molecular weight excluding hydrogens is 376 g/mol. The summed E-state index contributed by atoms with van der Waals surface area (Å²) >= 11 is 7.18. The average molecular weight is 397 g/mol. The first-order valence-corrected chi connectivity index (χ1v) is 9.89. The van der Waals surface area contributed by atoms with Crippen molar-refractivity contribution in [3.63, 3.8) is 0 Å². The maximum absolute atomic E-state index is 12.0. The number of ether oxygens (including phenoxy) is 1. The summed E-state index contributed by atoms with van der Waals surface area (Å²) in [7, 11) is 0. The van der Waals surface area contributed by atoms with E-state index < -0.39 is 0 Å². The number of hydrogen-bond acceptors (Lipinski definition) is 5. The number of carbonyl (C=O) groups is 1. The van der Waals surface area contributed by atoms with Crippen molar-refractivity contribution in [2.45, 2.75) is 37.1 Å². The molecule has 1 aliphatic rings. The van der Waals surface area contributed by atoms with E-state index in [2.05, 4.69) is 15.5 Å². The van der Waals surface area contributed by atoms with Gasteiger partial charge in [0.15, 0.2) is 5.16 Å². The van der Waals surface area contributed by atoms with Crippen molar-refractivity contribution in [2.75, 3.05) is 18.9 Å². The van der Waals surface area contributed by atoms with Gasteiger partial charge in [-0.3, -0.25) is 9.36 Å². The van der Waals surface area contributed by atoms with Crippen LogP contribution in [-0.4, -0.2) is 45.7 Å². The molecule has 1 amide bonds. The third-order valence-corrected chi connectivity index (χ3v) is 5.30. The Morgan fingerprint density at radius 3 is 3.15 bits per heavy atom. The minimum absolute atomic E-state index is 0.0381. The predicted octanol–water partition coefficient (Wildman–Crippen LogP) is 1.85. The molecule has 0 saturated carbocycles. The molecular formula is C17H21ClN4O3S. The van der Waals surface area contributed by atoms with E-state index in [1.54, 1.807) is 4.57 Å². The quantitative estimate of drug-likeness (QED) is 0.665. The Labute approximate surface area is 160 Å². The highest BCUT2D eigenvalue weighted by Gasteiger charge is 2.20. The molecule has 9 heteroatoms. The first kappa shape index (κ1) is 19.0. The van der Waals surface area contributed by atoms with Gasteiger partial charge in [-0.25, -0.2) is 9.89 Å². The molecule has 1 aromatic heterocycles. The fourth-order valence-corrected chi connectivity index (χ4v) is 3.78. The summed E-state index contributed by atoms with van der Waals surface area (Å²) in [6.07, 6.45) is 2.69. The van der Waals surface area contributed by atoms with Gasteiger partial charge in [-0.05, 0) is 37.0 Å². The molecule has 1 saturated heterocycles. The minimum Gasteiger partial charge on any atom is -0.376 e. The van der Waals surface area contributed by atoms with Gasteiger partial charge in [0.05, 0.1) is 18.4 Å². The van der Waals surface area contributed by atoms with Gasteiger partial charge < -0.3 is 10.1 Å². The SMILES string of the molecule is O=C(CSc1n[nH]c(=O)n1C[C@@H]1CCCO1)NCCc1cccc(Cl)c1. The summed E-state index contributed by atoms with van der Waals surface area (Å²) in [4.78, 5) is 23.9. The monoisotopic (exact) mass is 396 g/mol. The van der Waals surface area contributed by atoms with Crippen molar-refractivity contribution in [1.29, 1.82) is 0 Å². The Bertz CT molecular complexity index is 801. The fourth-order valence-electron chi connectivity index (χ4n) is 2.79. The molecule has 0 aliphatic carbocycles. The van der Waals surface area contributed by atoms with E-state index in [1.807, 2.05) is 24.3 Å². The van der Waals surface area contributed by atoms with Gasteiger partial charge in [0.1, 0.15) is 0 Å². The van der Waals surface area contributed by atoms with E-state index in [0.717, 1.165) is 25.0 Å². The lowest BCUT2D eigenvalue weighted by Crippen LogP contribution is -2.28.